The molecule has 0 aliphatic carbocycles. The summed E-state index contributed by atoms with van der Waals surface area (Å²) in [6.07, 6.45) is 10.3. The molecule has 0 saturated carbocycles. The predicted octanol–water partition coefficient (Wildman–Crippen LogP) is 4.79. The lowest BCUT2D eigenvalue weighted by Gasteiger charge is -2.24. The van der Waals surface area contributed by atoms with E-state index in [1.165, 1.54) is 45.4 Å². The van der Waals surface area contributed by atoms with Crippen molar-refractivity contribution in [3.8, 4) is 0 Å². The molecule has 1 rings (SSSR count). The molecule has 1 heterocycles. The largest absolute Gasteiger partial charge is 0.512 e. The number of nitrogens with zero attached hydrogens (tertiary/aromatic N) is 1. The molecule has 4 nitrogen and oxygen atoms in total. The molecular formula is C20H35NO3. The van der Waals surface area contributed by atoms with Crippen molar-refractivity contribution in [2.75, 3.05) is 6.54 Å². The molecule has 1 N–H and O–H groups in total. The number of hydrogen-bond acceptors (Lipinski definition) is 3. The van der Waals surface area contributed by atoms with E-state index < -0.39 is 0 Å². The summed E-state index contributed by atoms with van der Waals surface area (Å²) in [5.74, 6) is -0.287. The van der Waals surface area contributed by atoms with Crippen molar-refractivity contribution in [1.29, 1.82) is 0 Å². The standard InChI is InChI=1S/C20H35NO3/c1-5-6-7-8-9-10-11-12-13-21-17(14-15(2)3)19(23)18(16(4)22)20(21)24/h15,17,22H,5-14H2,1-4H3/b18-16+/t17-/m0/s1. The lowest BCUT2D eigenvalue weighted by molar-refractivity contribution is -0.127. The van der Waals surface area contributed by atoms with Gasteiger partial charge >= 0.3 is 0 Å². The third-order valence-electron chi connectivity index (χ3n) is 4.71. The van der Waals surface area contributed by atoms with Crippen molar-refractivity contribution >= 4 is 11.7 Å². The van der Waals surface area contributed by atoms with Gasteiger partial charge in [-0.05, 0) is 25.7 Å². The maximum absolute atomic E-state index is 12.5. The van der Waals surface area contributed by atoms with E-state index in [0.29, 0.717) is 18.9 Å². The smallest absolute Gasteiger partial charge is 0.261 e. The van der Waals surface area contributed by atoms with Crippen LogP contribution in [-0.2, 0) is 9.59 Å². The minimum atomic E-state index is -0.390. The second-order valence-electron chi connectivity index (χ2n) is 7.44. The SMILES string of the molecule is CCCCCCCCCCN1C(=O)/C(=C(\C)O)C(=O)[C@@H]1CC(C)C. The van der Waals surface area contributed by atoms with Gasteiger partial charge in [-0.3, -0.25) is 9.59 Å². The molecular weight excluding hydrogens is 302 g/mol. The predicted molar refractivity (Wildman–Crippen MR) is 97.9 cm³/mol. The molecule has 4 heteroatoms. The zero-order valence-electron chi connectivity index (χ0n) is 15.9. The Morgan fingerprint density at radius 2 is 1.58 bits per heavy atom. The van der Waals surface area contributed by atoms with Gasteiger partial charge in [-0.15, -0.1) is 0 Å². The van der Waals surface area contributed by atoms with Crippen LogP contribution in [0.3, 0.4) is 0 Å². The first kappa shape index (κ1) is 20.7. The number of carbonyl (C=O) groups is 2. The van der Waals surface area contributed by atoms with Crippen LogP contribution in [-0.4, -0.2) is 34.3 Å². The Balaban J connectivity index is 2.50. The van der Waals surface area contributed by atoms with Crippen LogP contribution >= 0.6 is 0 Å². The van der Waals surface area contributed by atoms with E-state index in [9.17, 15) is 14.7 Å². The Labute approximate surface area is 147 Å². The number of aliphatic hydroxyl groups is 1. The quantitative estimate of drug-likeness (QED) is 0.255. The fourth-order valence-electron chi connectivity index (χ4n) is 3.39. The number of hydrogen-bond donors (Lipinski definition) is 1. The molecule has 0 aromatic rings. The Hall–Kier alpha value is -1.32. The number of ketones is 1. The number of allylic oxidation sites excluding steroid dienone is 1. The number of likely N-dealkylation sites (tertiary alicyclic amines) is 1. The fourth-order valence-corrected chi connectivity index (χ4v) is 3.39. The van der Waals surface area contributed by atoms with Gasteiger partial charge in [0.25, 0.3) is 5.91 Å². The molecule has 1 saturated heterocycles. The lowest BCUT2D eigenvalue weighted by atomic mass is 9.99. The molecule has 1 fully saturated rings. The van der Waals surface area contributed by atoms with Gasteiger partial charge in [0.15, 0.2) is 5.78 Å². The van der Waals surface area contributed by atoms with Crippen LogP contribution in [0.4, 0.5) is 0 Å². The topological polar surface area (TPSA) is 57.6 Å². The number of unbranched alkanes of at least 4 members (excludes halogenated alkanes) is 7. The van der Waals surface area contributed by atoms with Crippen LogP contribution < -0.4 is 0 Å². The molecule has 1 aliphatic heterocycles. The highest BCUT2D eigenvalue weighted by Gasteiger charge is 2.44. The van der Waals surface area contributed by atoms with Crippen LogP contribution in [0.2, 0.25) is 0 Å². The van der Waals surface area contributed by atoms with Crippen LogP contribution in [0.1, 0.15) is 85.5 Å². The summed E-state index contributed by atoms with van der Waals surface area (Å²) in [6.45, 7) is 8.38. The maximum Gasteiger partial charge on any atom is 0.261 e. The van der Waals surface area contributed by atoms with Gasteiger partial charge in [0.05, 0.1) is 6.04 Å². The molecule has 0 bridgehead atoms. The molecule has 1 aliphatic rings. The third kappa shape index (κ3) is 5.95. The first-order valence-electron chi connectivity index (χ1n) is 9.65. The van der Waals surface area contributed by atoms with Crippen molar-refractivity contribution in [2.24, 2.45) is 5.92 Å². The van der Waals surface area contributed by atoms with Crippen LogP contribution in [0.25, 0.3) is 0 Å². The molecule has 138 valence electrons. The Bertz CT molecular complexity index is 450. The van der Waals surface area contributed by atoms with Gasteiger partial charge in [0, 0.05) is 6.54 Å². The summed E-state index contributed by atoms with van der Waals surface area (Å²) in [5, 5.41) is 9.69. The molecule has 1 amide bonds. The van der Waals surface area contributed by atoms with Crippen molar-refractivity contribution in [1.82, 2.24) is 4.90 Å². The van der Waals surface area contributed by atoms with Gasteiger partial charge in [0.1, 0.15) is 11.3 Å². The van der Waals surface area contributed by atoms with Crippen molar-refractivity contribution in [3.63, 3.8) is 0 Å². The van der Waals surface area contributed by atoms with Crippen molar-refractivity contribution < 1.29 is 14.7 Å². The maximum atomic E-state index is 12.5. The van der Waals surface area contributed by atoms with E-state index in [1.54, 1.807) is 4.90 Å². The molecule has 0 unspecified atom stereocenters. The van der Waals surface area contributed by atoms with E-state index in [1.807, 2.05) is 0 Å². The van der Waals surface area contributed by atoms with Gasteiger partial charge in [-0.2, -0.15) is 0 Å². The minimum Gasteiger partial charge on any atom is -0.512 e. The Morgan fingerprint density at radius 3 is 2.08 bits per heavy atom. The fraction of sp³-hybridized carbons (Fsp3) is 0.800. The normalized spacial score (nSPS) is 20.4. The summed E-state index contributed by atoms with van der Waals surface area (Å²) < 4.78 is 0. The second kappa shape index (κ2) is 10.5. The summed E-state index contributed by atoms with van der Waals surface area (Å²) >= 11 is 0. The highest BCUT2D eigenvalue weighted by molar-refractivity contribution is 6.26. The molecule has 1 atom stereocenters. The lowest BCUT2D eigenvalue weighted by Crippen LogP contribution is -2.37. The van der Waals surface area contributed by atoms with E-state index in [0.717, 1.165) is 12.8 Å². The Morgan fingerprint density at radius 1 is 1.04 bits per heavy atom. The van der Waals surface area contributed by atoms with Crippen molar-refractivity contribution in [2.45, 2.75) is 91.5 Å². The summed E-state index contributed by atoms with van der Waals surface area (Å²) in [6, 6.07) is -0.390. The monoisotopic (exact) mass is 337 g/mol. The van der Waals surface area contributed by atoms with Crippen molar-refractivity contribution in [3.05, 3.63) is 11.3 Å². The first-order chi connectivity index (χ1) is 11.4. The van der Waals surface area contributed by atoms with E-state index in [-0.39, 0.29) is 29.1 Å². The summed E-state index contributed by atoms with van der Waals surface area (Å²) in [4.78, 5) is 26.6. The molecule has 0 radical (unpaired) electrons. The molecule has 24 heavy (non-hydrogen) atoms. The molecule has 0 spiro atoms. The molecule has 0 aromatic carbocycles. The van der Waals surface area contributed by atoms with Gasteiger partial charge in [-0.1, -0.05) is 65.7 Å². The Kier molecular flexibility index (Phi) is 9.09. The van der Waals surface area contributed by atoms with Crippen LogP contribution in [0, 0.1) is 5.92 Å². The van der Waals surface area contributed by atoms with E-state index in [2.05, 4.69) is 20.8 Å². The zero-order chi connectivity index (χ0) is 18.1. The van der Waals surface area contributed by atoms with E-state index >= 15 is 0 Å². The van der Waals surface area contributed by atoms with E-state index in [4.69, 9.17) is 0 Å². The zero-order valence-corrected chi connectivity index (χ0v) is 15.9. The van der Waals surface area contributed by atoms with Gasteiger partial charge in [0.2, 0.25) is 0 Å². The third-order valence-corrected chi connectivity index (χ3v) is 4.71. The number of carbonyl (C=O) groups excluding carboxylic acids is 2. The highest BCUT2D eigenvalue weighted by Crippen LogP contribution is 2.27. The highest BCUT2D eigenvalue weighted by atomic mass is 16.3. The summed E-state index contributed by atoms with van der Waals surface area (Å²) in [5.41, 5.74) is 0.000200. The number of Topliss-reactive ketones (excluding diaryl/α,β-unsaturated/α-hetero) is 1. The summed E-state index contributed by atoms with van der Waals surface area (Å²) in [7, 11) is 0. The van der Waals surface area contributed by atoms with Crippen LogP contribution in [0.15, 0.2) is 11.3 Å². The average Bonchev–Trinajstić information content (AvgIpc) is 2.73. The average molecular weight is 338 g/mol. The number of amides is 1. The van der Waals surface area contributed by atoms with Gasteiger partial charge < -0.3 is 10.0 Å². The minimum absolute atomic E-state index is 0.000200. The molecule has 0 aromatic heterocycles. The van der Waals surface area contributed by atoms with Gasteiger partial charge in [-0.25, -0.2) is 0 Å². The number of aliphatic hydroxyl groups excluding tert-OH is 1. The second-order valence-corrected chi connectivity index (χ2v) is 7.44. The first-order valence-corrected chi connectivity index (χ1v) is 9.65. The number of rotatable bonds is 11. The van der Waals surface area contributed by atoms with Crippen LogP contribution in [0.5, 0.6) is 0 Å².